The molecule has 0 saturated heterocycles. The van der Waals surface area contributed by atoms with Crippen molar-refractivity contribution in [2.24, 2.45) is 0 Å². The van der Waals surface area contributed by atoms with E-state index in [4.69, 9.17) is 0 Å². The van der Waals surface area contributed by atoms with E-state index in [1.807, 2.05) is 12.1 Å². The largest absolute Gasteiger partial charge is 0.622 e. The summed E-state index contributed by atoms with van der Waals surface area (Å²) in [6.45, 7) is 3.41. The zero-order valence-electron chi connectivity index (χ0n) is 12.7. The SMILES string of the molecule is C[C@H]1C(c2ccc(F)cc2)=[N+]([O-])[C@@](C)(c2ccc(Br)cc2)N1O. The maximum Gasteiger partial charge on any atom is 0.274 e. The van der Waals surface area contributed by atoms with Gasteiger partial charge in [0, 0.05) is 22.5 Å². The van der Waals surface area contributed by atoms with Crippen LogP contribution in [0.25, 0.3) is 0 Å². The molecule has 3 rings (SSSR count). The average Bonchev–Trinajstić information content (AvgIpc) is 2.71. The lowest BCUT2D eigenvalue weighted by Crippen LogP contribution is -2.45. The summed E-state index contributed by atoms with van der Waals surface area (Å²) < 4.78 is 14.8. The predicted octanol–water partition coefficient (Wildman–Crippen LogP) is 3.85. The molecule has 2 atom stereocenters. The van der Waals surface area contributed by atoms with E-state index in [2.05, 4.69) is 15.9 Å². The fraction of sp³-hybridized carbons (Fsp3) is 0.235. The van der Waals surface area contributed by atoms with E-state index in [0.717, 1.165) is 14.3 Å². The molecule has 0 spiro atoms. The third-order valence-electron chi connectivity index (χ3n) is 4.35. The van der Waals surface area contributed by atoms with Crippen LogP contribution in [0.5, 0.6) is 0 Å². The first kappa shape index (κ1) is 16.1. The Kier molecular flexibility index (Phi) is 4.00. The van der Waals surface area contributed by atoms with Gasteiger partial charge in [-0.05, 0) is 55.5 Å². The molecule has 0 saturated carbocycles. The molecule has 1 aliphatic rings. The van der Waals surface area contributed by atoms with Crippen molar-refractivity contribution in [3.8, 4) is 0 Å². The first-order chi connectivity index (χ1) is 10.9. The van der Waals surface area contributed by atoms with Crippen LogP contribution in [0.15, 0.2) is 53.0 Å². The third-order valence-corrected chi connectivity index (χ3v) is 4.88. The normalized spacial score (nSPS) is 25.2. The van der Waals surface area contributed by atoms with Crippen LogP contribution in [0.3, 0.4) is 0 Å². The Morgan fingerprint density at radius 3 is 2.30 bits per heavy atom. The minimum absolute atomic E-state index is 0.367. The van der Waals surface area contributed by atoms with Gasteiger partial charge in [-0.25, -0.2) is 4.39 Å². The third kappa shape index (κ3) is 2.47. The first-order valence-corrected chi connectivity index (χ1v) is 7.99. The summed E-state index contributed by atoms with van der Waals surface area (Å²) in [5, 5.41) is 24.6. The molecule has 0 aromatic heterocycles. The lowest BCUT2D eigenvalue weighted by Gasteiger charge is -2.29. The second-order valence-corrected chi connectivity index (χ2v) is 6.65. The van der Waals surface area contributed by atoms with Crippen molar-refractivity contribution in [2.75, 3.05) is 0 Å². The highest BCUT2D eigenvalue weighted by Crippen LogP contribution is 2.36. The van der Waals surface area contributed by atoms with Crippen LogP contribution < -0.4 is 0 Å². The molecule has 6 heteroatoms. The minimum atomic E-state index is -1.25. The molecule has 0 radical (unpaired) electrons. The van der Waals surface area contributed by atoms with Gasteiger partial charge < -0.3 is 10.4 Å². The molecule has 1 heterocycles. The number of hydrogen-bond acceptors (Lipinski definition) is 3. The zero-order valence-corrected chi connectivity index (χ0v) is 14.3. The van der Waals surface area contributed by atoms with Crippen LogP contribution in [0.2, 0.25) is 0 Å². The number of halogens is 2. The molecule has 120 valence electrons. The number of rotatable bonds is 2. The Morgan fingerprint density at radius 1 is 1.17 bits per heavy atom. The Hall–Kier alpha value is -1.76. The first-order valence-electron chi connectivity index (χ1n) is 7.20. The zero-order chi connectivity index (χ0) is 16.8. The van der Waals surface area contributed by atoms with Crippen molar-refractivity contribution in [1.29, 1.82) is 0 Å². The molecule has 2 aromatic rings. The number of nitrogens with zero attached hydrogens (tertiary/aromatic N) is 2. The summed E-state index contributed by atoms with van der Waals surface area (Å²) in [6, 6.07) is 12.4. The van der Waals surface area contributed by atoms with Gasteiger partial charge in [0.05, 0.1) is 0 Å². The molecule has 0 unspecified atom stereocenters. The van der Waals surface area contributed by atoms with Crippen molar-refractivity contribution in [3.05, 3.63) is 75.2 Å². The summed E-state index contributed by atoms with van der Waals surface area (Å²) in [7, 11) is 0. The smallest absolute Gasteiger partial charge is 0.274 e. The van der Waals surface area contributed by atoms with E-state index >= 15 is 0 Å². The quantitative estimate of drug-likeness (QED) is 0.637. The Balaban J connectivity index is 2.14. The van der Waals surface area contributed by atoms with Gasteiger partial charge in [-0.1, -0.05) is 15.9 Å². The standard InChI is InChI=1S/C17H16BrFN2O2/c1-11-16(12-3-9-15(19)10-4-12)21(23)17(2,20(11)22)13-5-7-14(18)8-6-13/h3-11,22H,1-2H3/t11-,17-/m0/s1. The molecule has 0 aliphatic carbocycles. The van der Waals surface area contributed by atoms with Gasteiger partial charge in [0.1, 0.15) is 11.9 Å². The van der Waals surface area contributed by atoms with Crippen LogP contribution in [-0.4, -0.2) is 26.8 Å². The summed E-state index contributed by atoms with van der Waals surface area (Å²) in [5.74, 6) is -0.367. The molecular formula is C17H16BrFN2O2. The minimum Gasteiger partial charge on any atom is -0.622 e. The molecule has 0 fully saturated rings. The van der Waals surface area contributed by atoms with Crippen LogP contribution in [-0.2, 0) is 5.66 Å². The molecule has 2 aromatic carbocycles. The van der Waals surface area contributed by atoms with Gasteiger partial charge in [0.25, 0.3) is 5.66 Å². The van der Waals surface area contributed by atoms with Gasteiger partial charge in [-0.15, -0.1) is 5.06 Å². The number of benzene rings is 2. The van der Waals surface area contributed by atoms with Crippen LogP contribution in [0.4, 0.5) is 4.39 Å². The van der Waals surface area contributed by atoms with Crippen LogP contribution >= 0.6 is 15.9 Å². The Labute approximate surface area is 142 Å². The Bertz CT molecular complexity index is 761. The summed E-state index contributed by atoms with van der Waals surface area (Å²) >= 11 is 3.36. The molecule has 1 aliphatic heterocycles. The monoisotopic (exact) mass is 378 g/mol. The van der Waals surface area contributed by atoms with E-state index in [9.17, 15) is 14.8 Å². The van der Waals surface area contributed by atoms with Gasteiger partial charge in [0.2, 0.25) is 5.71 Å². The number of hydroxylamine groups is 3. The summed E-state index contributed by atoms with van der Waals surface area (Å²) in [6.07, 6.45) is 0. The van der Waals surface area contributed by atoms with Crippen molar-refractivity contribution < 1.29 is 14.3 Å². The predicted molar refractivity (Wildman–Crippen MR) is 88.7 cm³/mol. The molecule has 4 nitrogen and oxygen atoms in total. The lowest BCUT2D eigenvalue weighted by molar-refractivity contribution is -0.595. The van der Waals surface area contributed by atoms with Gasteiger partial charge in [-0.2, -0.15) is 4.74 Å². The van der Waals surface area contributed by atoms with Crippen molar-refractivity contribution >= 4 is 21.6 Å². The average molecular weight is 379 g/mol. The van der Waals surface area contributed by atoms with Gasteiger partial charge in [-0.3, -0.25) is 0 Å². The van der Waals surface area contributed by atoms with Gasteiger partial charge >= 0.3 is 0 Å². The number of hydrogen-bond donors (Lipinski definition) is 1. The van der Waals surface area contributed by atoms with Crippen LogP contribution in [0.1, 0.15) is 25.0 Å². The van der Waals surface area contributed by atoms with E-state index in [-0.39, 0.29) is 5.82 Å². The van der Waals surface area contributed by atoms with Crippen molar-refractivity contribution in [2.45, 2.75) is 25.6 Å². The topological polar surface area (TPSA) is 49.5 Å². The van der Waals surface area contributed by atoms with E-state index < -0.39 is 11.7 Å². The van der Waals surface area contributed by atoms with Gasteiger partial charge in [0.15, 0.2) is 0 Å². The second-order valence-electron chi connectivity index (χ2n) is 5.73. The molecule has 23 heavy (non-hydrogen) atoms. The highest BCUT2D eigenvalue weighted by molar-refractivity contribution is 9.10. The van der Waals surface area contributed by atoms with Crippen LogP contribution in [0, 0.1) is 11.0 Å². The van der Waals surface area contributed by atoms with Crippen molar-refractivity contribution in [3.63, 3.8) is 0 Å². The summed E-state index contributed by atoms with van der Waals surface area (Å²) in [4.78, 5) is 0. The lowest BCUT2D eigenvalue weighted by atomic mass is 10.0. The maximum absolute atomic E-state index is 13.1. The van der Waals surface area contributed by atoms with Crippen molar-refractivity contribution in [1.82, 2.24) is 5.06 Å². The molecule has 1 N–H and O–H groups in total. The van der Waals surface area contributed by atoms with E-state index in [0.29, 0.717) is 16.8 Å². The highest BCUT2D eigenvalue weighted by atomic mass is 79.9. The molecular weight excluding hydrogens is 363 g/mol. The second kappa shape index (κ2) is 5.70. The highest BCUT2D eigenvalue weighted by Gasteiger charge is 2.54. The molecule has 0 amide bonds. The van der Waals surface area contributed by atoms with E-state index in [1.54, 1.807) is 38.1 Å². The maximum atomic E-state index is 13.1. The van der Waals surface area contributed by atoms with E-state index in [1.165, 1.54) is 12.1 Å². The fourth-order valence-electron chi connectivity index (χ4n) is 2.98. The fourth-order valence-corrected chi connectivity index (χ4v) is 3.25. The Morgan fingerprint density at radius 2 is 1.74 bits per heavy atom. The molecule has 0 bridgehead atoms. The summed E-state index contributed by atoms with van der Waals surface area (Å²) in [5.41, 5.74) is 0.415.